The van der Waals surface area contributed by atoms with Gasteiger partial charge < -0.3 is 19.4 Å². The molecule has 0 radical (unpaired) electrons. The van der Waals surface area contributed by atoms with Crippen LogP contribution in [-0.4, -0.2) is 45.7 Å². The molecule has 2 heterocycles. The normalized spacial score (nSPS) is 16.8. The van der Waals surface area contributed by atoms with Crippen LogP contribution >= 0.6 is 11.8 Å². The van der Waals surface area contributed by atoms with Gasteiger partial charge in [0.25, 0.3) is 0 Å². The average Bonchev–Trinajstić information content (AvgIpc) is 3.27. The van der Waals surface area contributed by atoms with Gasteiger partial charge >= 0.3 is 0 Å². The van der Waals surface area contributed by atoms with Gasteiger partial charge in [-0.2, -0.15) is 0 Å². The Labute approximate surface area is 151 Å². The molecular formula is C17H22N4O3S. The lowest BCUT2D eigenvalue weighted by Gasteiger charge is -2.10. The Morgan fingerprint density at radius 3 is 3.00 bits per heavy atom. The van der Waals surface area contributed by atoms with E-state index in [0.717, 1.165) is 25.2 Å². The van der Waals surface area contributed by atoms with E-state index in [1.165, 1.54) is 11.8 Å². The van der Waals surface area contributed by atoms with Crippen molar-refractivity contribution in [3.05, 3.63) is 36.2 Å². The Balaban J connectivity index is 1.43. The molecule has 7 nitrogen and oxygen atoms in total. The lowest BCUT2D eigenvalue weighted by molar-refractivity contribution is -0.119. The highest BCUT2D eigenvalue weighted by molar-refractivity contribution is 7.99. The SMILES string of the molecule is Cn1c(COc2ccccc2)nnc1SCC(=O)NCC1CCCO1. The highest BCUT2D eigenvalue weighted by atomic mass is 32.2. The summed E-state index contributed by atoms with van der Waals surface area (Å²) in [5, 5.41) is 11.9. The largest absolute Gasteiger partial charge is 0.486 e. The number of amides is 1. The van der Waals surface area contributed by atoms with E-state index in [1.54, 1.807) is 0 Å². The molecule has 1 amide bonds. The van der Waals surface area contributed by atoms with Crippen LogP contribution in [0.3, 0.4) is 0 Å². The Bertz CT molecular complexity index is 686. The molecule has 1 aliphatic heterocycles. The van der Waals surface area contributed by atoms with Gasteiger partial charge in [-0.25, -0.2) is 0 Å². The van der Waals surface area contributed by atoms with Crippen molar-refractivity contribution in [2.24, 2.45) is 7.05 Å². The number of nitrogens with zero attached hydrogens (tertiary/aromatic N) is 3. The topological polar surface area (TPSA) is 78.3 Å². The van der Waals surface area contributed by atoms with Gasteiger partial charge in [-0.3, -0.25) is 4.79 Å². The molecule has 1 unspecified atom stereocenters. The molecule has 2 aromatic rings. The lowest BCUT2D eigenvalue weighted by Crippen LogP contribution is -2.32. The number of aromatic nitrogens is 3. The Morgan fingerprint density at radius 2 is 2.24 bits per heavy atom. The number of carbonyl (C=O) groups excluding carboxylic acids is 1. The molecule has 0 spiro atoms. The number of thioether (sulfide) groups is 1. The van der Waals surface area contributed by atoms with E-state index in [-0.39, 0.29) is 12.0 Å². The molecule has 3 rings (SSSR count). The summed E-state index contributed by atoms with van der Waals surface area (Å²) in [6.45, 7) is 1.70. The number of hydrogen-bond acceptors (Lipinski definition) is 6. The number of carbonyl (C=O) groups is 1. The number of hydrogen-bond donors (Lipinski definition) is 1. The molecule has 1 N–H and O–H groups in total. The minimum absolute atomic E-state index is 0.0226. The predicted octanol–water partition coefficient (Wildman–Crippen LogP) is 1.78. The zero-order chi connectivity index (χ0) is 17.5. The van der Waals surface area contributed by atoms with Gasteiger partial charge in [0.2, 0.25) is 5.91 Å². The number of benzene rings is 1. The molecule has 0 bridgehead atoms. The van der Waals surface area contributed by atoms with Crippen molar-refractivity contribution in [2.45, 2.75) is 30.7 Å². The molecule has 8 heteroatoms. The molecule has 1 aromatic carbocycles. The average molecular weight is 362 g/mol. The molecule has 1 aromatic heterocycles. The van der Waals surface area contributed by atoms with Crippen LogP contribution in [0.4, 0.5) is 0 Å². The van der Waals surface area contributed by atoms with E-state index in [1.807, 2.05) is 41.9 Å². The molecule has 134 valence electrons. The summed E-state index contributed by atoms with van der Waals surface area (Å²) in [5.41, 5.74) is 0. The van der Waals surface area contributed by atoms with E-state index in [9.17, 15) is 4.79 Å². The fourth-order valence-electron chi connectivity index (χ4n) is 2.48. The van der Waals surface area contributed by atoms with Crippen LogP contribution in [0.15, 0.2) is 35.5 Å². The standard InChI is InChI=1S/C17H22N4O3S/c1-21-15(11-24-13-6-3-2-4-7-13)19-20-17(21)25-12-16(22)18-10-14-8-5-9-23-14/h2-4,6-7,14H,5,8-12H2,1H3,(H,18,22). The maximum Gasteiger partial charge on any atom is 0.230 e. The van der Waals surface area contributed by atoms with Crippen molar-refractivity contribution in [2.75, 3.05) is 18.9 Å². The van der Waals surface area contributed by atoms with Crippen LogP contribution < -0.4 is 10.1 Å². The van der Waals surface area contributed by atoms with Crippen molar-refractivity contribution >= 4 is 17.7 Å². The fraction of sp³-hybridized carbons (Fsp3) is 0.471. The summed E-state index contributed by atoms with van der Waals surface area (Å²) in [5.74, 6) is 1.78. The third-order valence-corrected chi connectivity index (χ3v) is 4.94. The van der Waals surface area contributed by atoms with Crippen LogP contribution in [0.1, 0.15) is 18.7 Å². The first-order valence-corrected chi connectivity index (χ1v) is 9.28. The van der Waals surface area contributed by atoms with Crippen LogP contribution in [0, 0.1) is 0 Å². The van der Waals surface area contributed by atoms with Crippen molar-refractivity contribution in [3.8, 4) is 5.75 Å². The van der Waals surface area contributed by atoms with E-state index < -0.39 is 0 Å². The molecule has 1 atom stereocenters. The van der Waals surface area contributed by atoms with E-state index >= 15 is 0 Å². The first-order chi connectivity index (χ1) is 12.2. The molecule has 1 saturated heterocycles. The number of para-hydroxylation sites is 1. The van der Waals surface area contributed by atoms with Gasteiger partial charge in [0.05, 0.1) is 11.9 Å². The quantitative estimate of drug-likeness (QED) is 0.721. The smallest absolute Gasteiger partial charge is 0.230 e. The summed E-state index contributed by atoms with van der Waals surface area (Å²) in [4.78, 5) is 11.9. The zero-order valence-electron chi connectivity index (χ0n) is 14.2. The van der Waals surface area contributed by atoms with Gasteiger partial charge in [-0.05, 0) is 25.0 Å². The summed E-state index contributed by atoms with van der Waals surface area (Å²) in [6, 6.07) is 9.56. The second-order valence-corrected chi connectivity index (χ2v) is 6.73. The Hall–Kier alpha value is -2.06. The van der Waals surface area contributed by atoms with Crippen LogP contribution in [0.5, 0.6) is 5.75 Å². The molecule has 1 aliphatic rings. The van der Waals surface area contributed by atoms with E-state index in [4.69, 9.17) is 9.47 Å². The molecule has 25 heavy (non-hydrogen) atoms. The van der Waals surface area contributed by atoms with Gasteiger partial charge in [0, 0.05) is 20.2 Å². The van der Waals surface area contributed by atoms with E-state index in [2.05, 4.69) is 15.5 Å². The second-order valence-electron chi connectivity index (χ2n) is 5.79. The summed E-state index contributed by atoms with van der Waals surface area (Å²) in [7, 11) is 1.87. The van der Waals surface area contributed by atoms with Gasteiger partial charge in [-0.15, -0.1) is 10.2 Å². The fourth-order valence-corrected chi connectivity index (χ4v) is 3.24. The third kappa shape index (κ3) is 5.20. The number of nitrogens with one attached hydrogen (secondary N) is 1. The lowest BCUT2D eigenvalue weighted by atomic mass is 10.2. The monoisotopic (exact) mass is 362 g/mol. The number of rotatable bonds is 8. The summed E-state index contributed by atoms with van der Waals surface area (Å²) >= 11 is 1.36. The number of ether oxygens (including phenoxy) is 2. The minimum atomic E-state index is -0.0226. The van der Waals surface area contributed by atoms with Gasteiger partial charge in [0.15, 0.2) is 11.0 Å². The third-order valence-electron chi connectivity index (χ3n) is 3.92. The highest BCUT2D eigenvalue weighted by Crippen LogP contribution is 2.17. The first kappa shape index (κ1) is 17.8. The zero-order valence-corrected chi connectivity index (χ0v) is 15.0. The maximum atomic E-state index is 11.9. The minimum Gasteiger partial charge on any atom is -0.486 e. The van der Waals surface area contributed by atoms with Gasteiger partial charge in [0.1, 0.15) is 12.4 Å². The van der Waals surface area contributed by atoms with Gasteiger partial charge in [-0.1, -0.05) is 30.0 Å². The molecule has 0 saturated carbocycles. The van der Waals surface area contributed by atoms with Crippen molar-refractivity contribution in [1.82, 2.24) is 20.1 Å². The first-order valence-electron chi connectivity index (χ1n) is 8.29. The highest BCUT2D eigenvalue weighted by Gasteiger charge is 2.17. The second kappa shape index (κ2) is 8.87. The molecular weight excluding hydrogens is 340 g/mol. The van der Waals surface area contributed by atoms with Crippen molar-refractivity contribution < 1.29 is 14.3 Å². The molecule has 0 aliphatic carbocycles. The van der Waals surface area contributed by atoms with Crippen LogP contribution in [0.25, 0.3) is 0 Å². The Morgan fingerprint density at radius 1 is 1.40 bits per heavy atom. The van der Waals surface area contributed by atoms with Crippen LogP contribution in [-0.2, 0) is 23.2 Å². The predicted molar refractivity (Wildman–Crippen MR) is 94.5 cm³/mol. The maximum absolute atomic E-state index is 11.9. The Kier molecular flexibility index (Phi) is 6.30. The molecule has 1 fully saturated rings. The van der Waals surface area contributed by atoms with Crippen molar-refractivity contribution in [3.63, 3.8) is 0 Å². The van der Waals surface area contributed by atoms with Crippen LogP contribution in [0.2, 0.25) is 0 Å². The summed E-state index contributed by atoms with van der Waals surface area (Å²) < 4.78 is 13.0. The van der Waals surface area contributed by atoms with Crippen molar-refractivity contribution in [1.29, 1.82) is 0 Å². The summed E-state index contributed by atoms with van der Waals surface area (Å²) in [6.07, 6.45) is 2.24. The van der Waals surface area contributed by atoms with E-state index in [0.29, 0.717) is 29.9 Å².